The van der Waals surface area contributed by atoms with Gasteiger partial charge in [-0.2, -0.15) is 8.42 Å². The fourth-order valence-corrected chi connectivity index (χ4v) is 2.93. The zero-order valence-electron chi connectivity index (χ0n) is 11.1. The molecule has 0 aliphatic heterocycles. The van der Waals surface area contributed by atoms with Crippen LogP contribution in [-0.4, -0.2) is 15.5 Å². The maximum atomic E-state index is 12.2. The van der Waals surface area contributed by atoms with Crippen molar-refractivity contribution < 1.29 is 12.8 Å². The molecule has 1 heterocycles. The van der Waals surface area contributed by atoms with E-state index in [0.29, 0.717) is 18.0 Å². The summed E-state index contributed by atoms with van der Waals surface area (Å²) in [7, 11) is -1.94. The van der Waals surface area contributed by atoms with E-state index in [-0.39, 0.29) is 5.09 Å². The Morgan fingerprint density at radius 1 is 1.25 bits per heavy atom. The van der Waals surface area contributed by atoms with Crippen molar-refractivity contribution in [2.75, 3.05) is 11.8 Å². The molecule has 0 saturated heterocycles. The van der Waals surface area contributed by atoms with Crippen molar-refractivity contribution in [3.05, 3.63) is 46.1 Å². The van der Waals surface area contributed by atoms with Crippen molar-refractivity contribution in [2.45, 2.75) is 18.6 Å². The summed E-state index contributed by atoms with van der Waals surface area (Å²) >= 11 is 3.37. The Labute approximate surface area is 126 Å². The maximum absolute atomic E-state index is 12.2. The van der Waals surface area contributed by atoms with Crippen molar-refractivity contribution in [3.63, 3.8) is 0 Å². The molecule has 20 heavy (non-hydrogen) atoms. The molecule has 5 nitrogen and oxygen atoms in total. The van der Waals surface area contributed by atoms with Crippen LogP contribution in [0.15, 0.2) is 44.3 Å². The number of hydrogen-bond donors (Lipinski definition) is 2. The van der Waals surface area contributed by atoms with Gasteiger partial charge in [-0.25, -0.2) is 0 Å². The Morgan fingerprint density at radius 3 is 2.65 bits per heavy atom. The van der Waals surface area contributed by atoms with Gasteiger partial charge in [0, 0.05) is 10.2 Å². The van der Waals surface area contributed by atoms with Gasteiger partial charge in [-0.05, 0) is 49.9 Å². The van der Waals surface area contributed by atoms with Crippen LogP contribution in [0.3, 0.4) is 0 Å². The normalized spacial score (nSPS) is 11.6. The van der Waals surface area contributed by atoms with Gasteiger partial charge in [-0.1, -0.05) is 15.9 Å². The van der Waals surface area contributed by atoms with Crippen LogP contribution < -0.4 is 10.0 Å². The topological polar surface area (TPSA) is 71.3 Å². The van der Waals surface area contributed by atoms with E-state index < -0.39 is 10.0 Å². The Hall–Kier alpha value is -1.31. The lowest BCUT2D eigenvalue weighted by Crippen LogP contribution is -2.12. The van der Waals surface area contributed by atoms with Crippen molar-refractivity contribution >= 4 is 31.6 Å². The molecule has 7 heteroatoms. The van der Waals surface area contributed by atoms with E-state index in [1.54, 1.807) is 31.3 Å². The second-order valence-corrected chi connectivity index (χ2v) is 6.79. The molecule has 108 valence electrons. The quantitative estimate of drug-likeness (QED) is 0.861. The highest BCUT2D eigenvalue weighted by molar-refractivity contribution is 9.10. The van der Waals surface area contributed by atoms with E-state index in [2.05, 4.69) is 26.0 Å². The predicted molar refractivity (Wildman–Crippen MR) is 81.2 cm³/mol. The van der Waals surface area contributed by atoms with Crippen LogP contribution in [-0.2, 0) is 16.6 Å². The second kappa shape index (κ2) is 5.99. The third kappa shape index (κ3) is 3.41. The summed E-state index contributed by atoms with van der Waals surface area (Å²) in [5.74, 6) is 0.569. The third-order valence-corrected chi connectivity index (χ3v) is 4.81. The minimum absolute atomic E-state index is 0.0941. The zero-order chi connectivity index (χ0) is 14.8. The van der Waals surface area contributed by atoms with Crippen molar-refractivity contribution in [1.29, 1.82) is 0 Å². The molecule has 2 rings (SSSR count). The maximum Gasteiger partial charge on any atom is 0.295 e. The SMILES string of the molecule is CNCc1ccc(S(=O)(=O)Nc2ccc(Br)c(C)c2)o1. The molecule has 2 aromatic rings. The van der Waals surface area contributed by atoms with E-state index in [9.17, 15) is 8.42 Å². The largest absolute Gasteiger partial charge is 0.446 e. The van der Waals surface area contributed by atoms with Gasteiger partial charge in [-0.3, -0.25) is 4.72 Å². The summed E-state index contributed by atoms with van der Waals surface area (Å²) in [5, 5.41) is 2.80. The average molecular weight is 359 g/mol. The van der Waals surface area contributed by atoms with Gasteiger partial charge in [-0.15, -0.1) is 0 Å². The average Bonchev–Trinajstić information content (AvgIpc) is 2.83. The van der Waals surface area contributed by atoms with Gasteiger partial charge in [0.15, 0.2) is 0 Å². The van der Waals surface area contributed by atoms with Gasteiger partial charge in [0.1, 0.15) is 5.76 Å². The molecule has 0 saturated carbocycles. The molecule has 0 fully saturated rings. The van der Waals surface area contributed by atoms with Gasteiger partial charge >= 0.3 is 0 Å². The summed E-state index contributed by atoms with van der Waals surface area (Å²) in [5.41, 5.74) is 1.44. The standard InChI is InChI=1S/C13H15BrN2O3S/c1-9-7-10(3-5-12(9)14)16-20(17,18)13-6-4-11(19-13)8-15-2/h3-7,15-16H,8H2,1-2H3. The molecule has 0 aliphatic rings. The highest BCUT2D eigenvalue weighted by Gasteiger charge is 2.19. The molecule has 0 bridgehead atoms. The molecule has 0 atom stereocenters. The number of sulfonamides is 1. The Morgan fingerprint density at radius 2 is 2.00 bits per heavy atom. The fraction of sp³-hybridized carbons (Fsp3) is 0.231. The van der Waals surface area contributed by atoms with Crippen molar-refractivity contribution in [3.8, 4) is 0 Å². The van der Waals surface area contributed by atoms with Gasteiger partial charge in [0.05, 0.1) is 6.54 Å². The summed E-state index contributed by atoms with van der Waals surface area (Å²) in [6.45, 7) is 2.37. The molecule has 0 aliphatic carbocycles. The summed E-state index contributed by atoms with van der Waals surface area (Å²) in [6.07, 6.45) is 0. The first-order chi connectivity index (χ1) is 9.42. The van der Waals surface area contributed by atoms with Crippen LogP contribution in [0.25, 0.3) is 0 Å². The number of aryl methyl sites for hydroxylation is 1. The van der Waals surface area contributed by atoms with Gasteiger partial charge in [0.25, 0.3) is 10.0 Å². The molecule has 2 N–H and O–H groups in total. The second-order valence-electron chi connectivity index (χ2n) is 4.32. The van der Waals surface area contributed by atoms with Gasteiger partial charge < -0.3 is 9.73 Å². The van der Waals surface area contributed by atoms with Crippen LogP contribution >= 0.6 is 15.9 Å². The summed E-state index contributed by atoms with van der Waals surface area (Å²) in [4.78, 5) is 0. The lowest BCUT2D eigenvalue weighted by atomic mass is 10.2. The molecular formula is C13H15BrN2O3S. The number of halogens is 1. The summed E-state index contributed by atoms with van der Waals surface area (Å²) < 4.78 is 33.1. The third-order valence-electron chi connectivity index (χ3n) is 2.66. The molecule has 0 radical (unpaired) electrons. The highest BCUT2D eigenvalue weighted by Crippen LogP contribution is 2.23. The van der Waals surface area contributed by atoms with E-state index >= 15 is 0 Å². The van der Waals surface area contributed by atoms with Crippen molar-refractivity contribution in [2.24, 2.45) is 0 Å². The highest BCUT2D eigenvalue weighted by atomic mass is 79.9. The first-order valence-corrected chi connectivity index (χ1v) is 8.22. The Balaban J connectivity index is 2.23. The van der Waals surface area contributed by atoms with Crippen LogP contribution in [0.2, 0.25) is 0 Å². The fourth-order valence-electron chi connectivity index (χ4n) is 1.69. The number of rotatable bonds is 5. The van der Waals surface area contributed by atoms with E-state index in [0.717, 1.165) is 10.0 Å². The van der Waals surface area contributed by atoms with Crippen LogP contribution in [0.5, 0.6) is 0 Å². The van der Waals surface area contributed by atoms with Crippen LogP contribution in [0.1, 0.15) is 11.3 Å². The van der Waals surface area contributed by atoms with Crippen LogP contribution in [0.4, 0.5) is 5.69 Å². The Bertz CT molecular complexity index is 710. The lowest BCUT2D eigenvalue weighted by Gasteiger charge is -2.07. The summed E-state index contributed by atoms with van der Waals surface area (Å²) in [6, 6.07) is 8.31. The zero-order valence-corrected chi connectivity index (χ0v) is 13.5. The first-order valence-electron chi connectivity index (χ1n) is 5.94. The lowest BCUT2D eigenvalue weighted by molar-refractivity contribution is 0.408. The predicted octanol–water partition coefficient (Wildman–Crippen LogP) is 2.87. The number of anilines is 1. The molecule has 0 unspecified atom stereocenters. The smallest absolute Gasteiger partial charge is 0.295 e. The monoisotopic (exact) mass is 358 g/mol. The minimum atomic E-state index is -3.70. The minimum Gasteiger partial charge on any atom is -0.446 e. The molecule has 1 aromatic heterocycles. The van der Waals surface area contributed by atoms with Gasteiger partial charge in [0.2, 0.25) is 5.09 Å². The van der Waals surface area contributed by atoms with Crippen molar-refractivity contribution in [1.82, 2.24) is 5.32 Å². The number of benzene rings is 1. The number of hydrogen-bond acceptors (Lipinski definition) is 4. The number of furan rings is 1. The first kappa shape index (κ1) is 15.1. The molecule has 0 amide bonds. The van der Waals surface area contributed by atoms with E-state index in [1.807, 2.05) is 6.92 Å². The number of nitrogens with one attached hydrogen (secondary N) is 2. The Kier molecular flexibility index (Phi) is 4.52. The van der Waals surface area contributed by atoms with Crippen LogP contribution in [0, 0.1) is 6.92 Å². The molecular weight excluding hydrogens is 344 g/mol. The van der Waals surface area contributed by atoms with E-state index in [4.69, 9.17) is 4.42 Å². The van der Waals surface area contributed by atoms with E-state index in [1.165, 1.54) is 6.07 Å². The molecule has 0 spiro atoms. The molecule has 1 aromatic carbocycles.